The second kappa shape index (κ2) is 8.53. The van der Waals surface area contributed by atoms with Crippen molar-refractivity contribution in [2.24, 2.45) is 5.10 Å². The Labute approximate surface area is 137 Å². The quantitative estimate of drug-likeness (QED) is 0.788. The van der Waals surface area contributed by atoms with Crippen LogP contribution in [0.1, 0.15) is 26.7 Å². The predicted octanol–water partition coefficient (Wildman–Crippen LogP) is 2.08. The van der Waals surface area contributed by atoms with Crippen molar-refractivity contribution < 1.29 is 9.53 Å². The SMILES string of the molecule is COc1ccccc1NCC(=O)NN=C1CCN(C(C)C)CC1. The molecule has 1 aliphatic rings. The van der Waals surface area contributed by atoms with E-state index >= 15 is 0 Å². The van der Waals surface area contributed by atoms with Crippen molar-refractivity contribution in [1.29, 1.82) is 0 Å². The lowest BCUT2D eigenvalue weighted by Gasteiger charge is -2.30. The van der Waals surface area contributed by atoms with Crippen LogP contribution >= 0.6 is 0 Å². The van der Waals surface area contributed by atoms with Gasteiger partial charge in [-0.1, -0.05) is 12.1 Å². The van der Waals surface area contributed by atoms with E-state index in [1.807, 2.05) is 24.3 Å². The minimum atomic E-state index is -0.158. The van der Waals surface area contributed by atoms with Gasteiger partial charge in [-0.2, -0.15) is 5.10 Å². The number of anilines is 1. The molecule has 0 spiro atoms. The number of carbonyl (C=O) groups excluding carboxylic acids is 1. The maximum absolute atomic E-state index is 11.9. The number of nitrogens with one attached hydrogen (secondary N) is 2. The van der Waals surface area contributed by atoms with Crippen molar-refractivity contribution in [1.82, 2.24) is 10.3 Å². The molecule has 2 N–H and O–H groups in total. The Morgan fingerprint density at radius 1 is 1.30 bits per heavy atom. The van der Waals surface area contributed by atoms with E-state index in [2.05, 4.69) is 34.6 Å². The number of benzene rings is 1. The molecule has 6 heteroatoms. The molecule has 1 aromatic rings. The Hall–Kier alpha value is -2.08. The molecule has 1 aromatic carbocycles. The molecule has 0 aliphatic carbocycles. The first-order valence-electron chi connectivity index (χ1n) is 8.05. The lowest BCUT2D eigenvalue weighted by molar-refractivity contribution is -0.119. The molecule has 1 heterocycles. The largest absolute Gasteiger partial charge is 0.495 e. The van der Waals surface area contributed by atoms with E-state index < -0.39 is 0 Å². The molecular weight excluding hydrogens is 292 g/mol. The van der Waals surface area contributed by atoms with E-state index in [9.17, 15) is 4.79 Å². The van der Waals surface area contributed by atoms with E-state index in [-0.39, 0.29) is 12.5 Å². The summed E-state index contributed by atoms with van der Waals surface area (Å²) < 4.78 is 5.24. The predicted molar refractivity (Wildman–Crippen MR) is 93.0 cm³/mol. The Kier molecular flexibility index (Phi) is 6.40. The number of hydrogen-bond acceptors (Lipinski definition) is 5. The third-order valence-electron chi connectivity index (χ3n) is 3.99. The highest BCUT2D eigenvalue weighted by molar-refractivity contribution is 5.88. The van der Waals surface area contributed by atoms with Gasteiger partial charge in [-0.3, -0.25) is 4.79 Å². The minimum absolute atomic E-state index is 0.158. The van der Waals surface area contributed by atoms with Crippen molar-refractivity contribution in [2.45, 2.75) is 32.7 Å². The van der Waals surface area contributed by atoms with E-state index in [1.54, 1.807) is 7.11 Å². The normalized spacial score (nSPS) is 15.4. The van der Waals surface area contributed by atoms with Crippen molar-refractivity contribution in [3.63, 3.8) is 0 Å². The fourth-order valence-corrected chi connectivity index (χ4v) is 2.56. The van der Waals surface area contributed by atoms with Crippen molar-refractivity contribution in [3.8, 4) is 5.75 Å². The van der Waals surface area contributed by atoms with Crippen LogP contribution in [0.25, 0.3) is 0 Å². The van der Waals surface area contributed by atoms with Gasteiger partial charge in [0.2, 0.25) is 0 Å². The number of likely N-dealkylation sites (tertiary alicyclic amines) is 1. The summed E-state index contributed by atoms with van der Waals surface area (Å²) in [4.78, 5) is 14.3. The van der Waals surface area contributed by atoms with Crippen LogP contribution in [0.5, 0.6) is 5.75 Å². The van der Waals surface area contributed by atoms with Crippen molar-refractivity contribution in [2.75, 3.05) is 32.1 Å². The lowest BCUT2D eigenvalue weighted by atomic mass is 10.1. The number of hydrogen-bond donors (Lipinski definition) is 2. The van der Waals surface area contributed by atoms with Gasteiger partial charge >= 0.3 is 0 Å². The molecule has 0 unspecified atom stereocenters. The summed E-state index contributed by atoms with van der Waals surface area (Å²) in [5.41, 5.74) is 4.49. The van der Waals surface area contributed by atoms with Crippen LogP contribution < -0.4 is 15.5 Å². The highest BCUT2D eigenvalue weighted by Gasteiger charge is 2.17. The molecular formula is C17H26N4O2. The summed E-state index contributed by atoms with van der Waals surface area (Å²) in [7, 11) is 1.61. The molecule has 23 heavy (non-hydrogen) atoms. The zero-order valence-electron chi connectivity index (χ0n) is 14.1. The van der Waals surface area contributed by atoms with E-state index in [1.165, 1.54) is 0 Å². The number of carbonyl (C=O) groups is 1. The van der Waals surface area contributed by atoms with Crippen LogP contribution in [0.2, 0.25) is 0 Å². The van der Waals surface area contributed by atoms with E-state index in [0.29, 0.717) is 11.8 Å². The first-order chi connectivity index (χ1) is 11.1. The molecule has 1 fully saturated rings. The average molecular weight is 318 g/mol. The standard InChI is InChI=1S/C17H26N4O2/c1-13(2)21-10-8-14(9-11-21)19-20-17(22)12-18-15-6-4-5-7-16(15)23-3/h4-7,13,18H,8-12H2,1-3H3,(H,20,22). The molecule has 2 rings (SSSR count). The Balaban J connectivity index is 1.76. The van der Waals surface area contributed by atoms with Gasteiger partial charge in [0.25, 0.3) is 5.91 Å². The summed E-state index contributed by atoms with van der Waals surface area (Å²) in [5, 5.41) is 7.31. The van der Waals surface area contributed by atoms with Gasteiger partial charge in [0.15, 0.2) is 0 Å². The summed E-state index contributed by atoms with van der Waals surface area (Å²) in [5.74, 6) is 0.558. The molecule has 6 nitrogen and oxygen atoms in total. The number of methoxy groups -OCH3 is 1. The second-order valence-corrected chi connectivity index (χ2v) is 5.90. The number of hydrazone groups is 1. The zero-order valence-corrected chi connectivity index (χ0v) is 14.1. The Bertz CT molecular complexity index is 547. The summed E-state index contributed by atoms with van der Waals surface area (Å²) in [6.07, 6.45) is 1.83. The average Bonchev–Trinajstić information content (AvgIpc) is 2.58. The monoisotopic (exact) mass is 318 g/mol. The van der Waals surface area contributed by atoms with Gasteiger partial charge in [-0.15, -0.1) is 0 Å². The first-order valence-corrected chi connectivity index (χ1v) is 8.05. The number of nitrogens with zero attached hydrogens (tertiary/aromatic N) is 2. The Morgan fingerprint density at radius 3 is 2.65 bits per heavy atom. The fraction of sp³-hybridized carbons (Fsp3) is 0.529. The molecule has 0 saturated carbocycles. The zero-order chi connectivity index (χ0) is 16.7. The van der Waals surface area contributed by atoms with Crippen LogP contribution in [0, 0.1) is 0 Å². The third kappa shape index (κ3) is 5.25. The van der Waals surface area contributed by atoms with E-state index in [4.69, 9.17) is 4.74 Å². The van der Waals surface area contributed by atoms with Crippen molar-refractivity contribution >= 4 is 17.3 Å². The van der Waals surface area contributed by atoms with Gasteiger partial charge in [-0.25, -0.2) is 5.43 Å². The molecule has 0 radical (unpaired) electrons. The molecule has 0 atom stereocenters. The maximum Gasteiger partial charge on any atom is 0.259 e. The third-order valence-corrected chi connectivity index (χ3v) is 3.99. The van der Waals surface area contributed by atoms with Gasteiger partial charge in [0.05, 0.1) is 19.3 Å². The van der Waals surface area contributed by atoms with Crippen LogP contribution in [0.15, 0.2) is 29.4 Å². The van der Waals surface area contributed by atoms with Crippen LogP contribution in [0.4, 0.5) is 5.69 Å². The number of ether oxygens (including phenoxy) is 1. The van der Waals surface area contributed by atoms with Gasteiger partial charge < -0.3 is 15.0 Å². The van der Waals surface area contributed by atoms with Gasteiger partial charge in [0.1, 0.15) is 5.75 Å². The first kappa shape index (κ1) is 17.3. The minimum Gasteiger partial charge on any atom is -0.495 e. The lowest BCUT2D eigenvalue weighted by Crippen LogP contribution is -2.39. The topological polar surface area (TPSA) is 66.0 Å². The number of rotatable bonds is 6. The number of amides is 1. The van der Waals surface area contributed by atoms with Crippen LogP contribution in [-0.4, -0.2) is 49.3 Å². The molecule has 0 bridgehead atoms. The van der Waals surface area contributed by atoms with Gasteiger partial charge in [0, 0.05) is 37.7 Å². The van der Waals surface area contributed by atoms with Gasteiger partial charge in [-0.05, 0) is 26.0 Å². The molecule has 0 aromatic heterocycles. The number of piperidine rings is 1. The van der Waals surface area contributed by atoms with E-state index in [0.717, 1.165) is 37.3 Å². The highest BCUT2D eigenvalue weighted by Crippen LogP contribution is 2.22. The molecule has 1 aliphatic heterocycles. The highest BCUT2D eigenvalue weighted by atomic mass is 16.5. The summed E-state index contributed by atoms with van der Waals surface area (Å²) in [6, 6.07) is 8.07. The summed E-state index contributed by atoms with van der Waals surface area (Å²) >= 11 is 0. The van der Waals surface area contributed by atoms with Crippen LogP contribution in [-0.2, 0) is 4.79 Å². The fourth-order valence-electron chi connectivity index (χ4n) is 2.56. The number of para-hydroxylation sites is 2. The van der Waals surface area contributed by atoms with Crippen LogP contribution in [0.3, 0.4) is 0 Å². The van der Waals surface area contributed by atoms with Crippen molar-refractivity contribution in [3.05, 3.63) is 24.3 Å². The maximum atomic E-state index is 11.9. The smallest absolute Gasteiger partial charge is 0.259 e. The Morgan fingerprint density at radius 2 is 2.00 bits per heavy atom. The summed E-state index contributed by atoms with van der Waals surface area (Å²) in [6.45, 7) is 6.58. The molecule has 1 saturated heterocycles. The molecule has 1 amide bonds. The second-order valence-electron chi connectivity index (χ2n) is 5.90. The molecule has 126 valence electrons.